The fraction of sp³-hybridized carbons (Fsp3) is 1.00. The van der Waals surface area contributed by atoms with Gasteiger partial charge in [-0.2, -0.15) is 26.3 Å². The predicted octanol–water partition coefficient (Wildman–Crippen LogP) is 6.12. The van der Waals surface area contributed by atoms with Crippen LogP contribution in [-0.4, -0.2) is 44.8 Å². The van der Waals surface area contributed by atoms with Crippen molar-refractivity contribution in [3.8, 4) is 0 Å². The Bertz CT molecular complexity index is 551. The van der Waals surface area contributed by atoms with Crippen LogP contribution in [0.4, 0.5) is 26.3 Å². The van der Waals surface area contributed by atoms with E-state index in [2.05, 4.69) is 4.72 Å². The molecule has 3 fully saturated rings. The molecule has 2 saturated carbocycles. The van der Waals surface area contributed by atoms with Crippen LogP contribution in [0.25, 0.3) is 0 Å². The van der Waals surface area contributed by atoms with E-state index in [9.17, 15) is 31.4 Å². The summed E-state index contributed by atoms with van der Waals surface area (Å²) in [6, 6.07) is -0.216. The standard InChI is InChI=1S/C18H26ClF6NOS2/c19-13-8-15(28-16(13)9-2-1-3-10(6-9)17(20,21)22)29-26-11-4-5-12(14(27)7-11)18(23,24)25/h9-16,26-27H,1-8H2/t9?,10?,11?,12-,13?,14?,15?,16?/m0/s1. The number of thioether (sulfide) groups is 1. The van der Waals surface area contributed by atoms with E-state index in [0.717, 1.165) is 6.42 Å². The Labute approximate surface area is 180 Å². The molecule has 1 heterocycles. The zero-order valence-electron chi connectivity index (χ0n) is 15.7. The van der Waals surface area contributed by atoms with Crippen molar-refractivity contribution in [3.63, 3.8) is 0 Å². The summed E-state index contributed by atoms with van der Waals surface area (Å²) in [6.45, 7) is 0. The highest BCUT2D eigenvalue weighted by molar-refractivity contribution is 8.16. The first-order valence-corrected chi connectivity index (χ1v) is 12.2. The molecule has 3 rings (SSSR count). The second-order valence-electron chi connectivity index (χ2n) is 8.41. The second-order valence-corrected chi connectivity index (χ2v) is 11.7. The molecule has 2 nitrogen and oxygen atoms in total. The van der Waals surface area contributed by atoms with Gasteiger partial charge in [-0.05, 0) is 50.9 Å². The Morgan fingerprint density at radius 3 is 2.28 bits per heavy atom. The number of rotatable bonds is 4. The quantitative estimate of drug-likeness (QED) is 0.285. The third-order valence-corrected chi connectivity index (χ3v) is 10.00. The minimum Gasteiger partial charge on any atom is -0.392 e. The number of nitrogens with one attached hydrogen (secondary N) is 1. The summed E-state index contributed by atoms with van der Waals surface area (Å²) in [5, 5.41) is 9.58. The van der Waals surface area contributed by atoms with Gasteiger partial charge >= 0.3 is 12.4 Å². The van der Waals surface area contributed by atoms with Gasteiger partial charge in [-0.1, -0.05) is 18.4 Å². The van der Waals surface area contributed by atoms with E-state index in [4.69, 9.17) is 11.6 Å². The fourth-order valence-corrected chi connectivity index (χ4v) is 8.58. The van der Waals surface area contributed by atoms with Crippen molar-refractivity contribution in [2.45, 2.75) is 91.1 Å². The van der Waals surface area contributed by atoms with Gasteiger partial charge in [0.2, 0.25) is 0 Å². The van der Waals surface area contributed by atoms with Crippen molar-refractivity contribution >= 4 is 35.3 Å². The highest BCUT2D eigenvalue weighted by Crippen LogP contribution is 2.51. The number of hydrogen-bond acceptors (Lipinski definition) is 4. The summed E-state index contributed by atoms with van der Waals surface area (Å²) in [7, 11) is 0. The maximum absolute atomic E-state index is 13.1. The molecule has 3 aliphatic rings. The lowest BCUT2D eigenvalue weighted by Crippen LogP contribution is -2.44. The van der Waals surface area contributed by atoms with Crippen molar-refractivity contribution in [2.75, 3.05) is 0 Å². The van der Waals surface area contributed by atoms with Gasteiger partial charge in [0.1, 0.15) is 0 Å². The maximum atomic E-state index is 13.1. The highest BCUT2D eigenvalue weighted by atomic mass is 35.5. The third kappa shape index (κ3) is 6.26. The van der Waals surface area contributed by atoms with E-state index in [0.29, 0.717) is 19.3 Å². The lowest BCUT2D eigenvalue weighted by molar-refractivity contribution is -0.208. The zero-order chi connectivity index (χ0) is 21.4. The van der Waals surface area contributed by atoms with Gasteiger partial charge in [0, 0.05) is 16.7 Å². The molecule has 0 aromatic rings. The predicted molar refractivity (Wildman–Crippen MR) is 105 cm³/mol. The average molecular weight is 486 g/mol. The molecule has 1 saturated heterocycles. The maximum Gasteiger partial charge on any atom is 0.394 e. The smallest absolute Gasteiger partial charge is 0.392 e. The molecule has 0 spiro atoms. The summed E-state index contributed by atoms with van der Waals surface area (Å²) < 4.78 is 81.0. The molecule has 8 atom stereocenters. The monoisotopic (exact) mass is 485 g/mol. The van der Waals surface area contributed by atoms with Crippen LogP contribution in [0.1, 0.15) is 51.4 Å². The molecule has 11 heteroatoms. The van der Waals surface area contributed by atoms with Crippen LogP contribution in [0.3, 0.4) is 0 Å². The molecule has 29 heavy (non-hydrogen) atoms. The lowest BCUT2D eigenvalue weighted by Gasteiger charge is -2.35. The largest absolute Gasteiger partial charge is 0.394 e. The van der Waals surface area contributed by atoms with E-state index in [1.807, 2.05) is 0 Å². The van der Waals surface area contributed by atoms with Crippen LogP contribution in [0.15, 0.2) is 0 Å². The van der Waals surface area contributed by atoms with Gasteiger partial charge in [0.05, 0.1) is 22.5 Å². The average Bonchev–Trinajstić information content (AvgIpc) is 2.99. The van der Waals surface area contributed by atoms with E-state index in [-0.39, 0.29) is 52.9 Å². The molecular weight excluding hydrogens is 460 g/mol. The van der Waals surface area contributed by atoms with Crippen LogP contribution in [0.5, 0.6) is 0 Å². The van der Waals surface area contributed by atoms with Gasteiger partial charge in [-0.25, -0.2) is 0 Å². The highest BCUT2D eigenvalue weighted by Gasteiger charge is 2.48. The number of alkyl halides is 7. The molecule has 170 valence electrons. The zero-order valence-corrected chi connectivity index (χ0v) is 18.1. The molecule has 0 radical (unpaired) electrons. The Hall–Kier alpha value is 0.490. The molecule has 0 aromatic heterocycles. The fourth-order valence-electron chi connectivity index (χ4n) is 4.75. The molecule has 2 N–H and O–H groups in total. The van der Waals surface area contributed by atoms with E-state index >= 15 is 0 Å². The van der Waals surface area contributed by atoms with E-state index < -0.39 is 30.3 Å². The molecule has 1 aliphatic heterocycles. The normalized spacial score (nSPS) is 42.2. The second kappa shape index (κ2) is 9.55. The van der Waals surface area contributed by atoms with Gasteiger partial charge < -0.3 is 5.11 Å². The van der Waals surface area contributed by atoms with Crippen molar-refractivity contribution in [1.82, 2.24) is 4.72 Å². The molecular formula is C18H26ClF6NOS2. The van der Waals surface area contributed by atoms with Crippen LogP contribution < -0.4 is 4.72 Å². The van der Waals surface area contributed by atoms with Crippen molar-refractivity contribution < 1.29 is 31.4 Å². The molecule has 0 aromatic carbocycles. The topological polar surface area (TPSA) is 32.3 Å². The Kier molecular flexibility index (Phi) is 7.95. The Morgan fingerprint density at radius 1 is 0.931 bits per heavy atom. The first kappa shape index (κ1) is 24.1. The summed E-state index contributed by atoms with van der Waals surface area (Å²) in [5.41, 5.74) is 0. The number of aliphatic hydroxyl groups is 1. The summed E-state index contributed by atoms with van der Waals surface area (Å²) in [5.74, 6) is -2.98. The number of hydrogen-bond donors (Lipinski definition) is 2. The lowest BCUT2D eigenvalue weighted by atomic mass is 9.78. The van der Waals surface area contributed by atoms with Crippen molar-refractivity contribution in [3.05, 3.63) is 0 Å². The van der Waals surface area contributed by atoms with Gasteiger partial charge in [0.15, 0.2) is 0 Å². The van der Waals surface area contributed by atoms with Crippen LogP contribution in [-0.2, 0) is 0 Å². The summed E-state index contributed by atoms with van der Waals surface area (Å²) >= 11 is 9.46. The summed E-state index contributed by atoms with van der Waals surface area (Å²) in [6.07, 6.45) is -7.42. The summed E-state index contributed by atoms with van der Waals surface area (Å²) in [4.78, 5) is 0. The van der Waals surface area contributed by atoms with Crippen molar-refractivity contribution in [2.24, 2.45) is 17.8 Å². The van der Waals surface area contributed by atoms with Gasteiger partial charge in [-0.15, -0.1) is 23.4 Å². The molecule has 0 bridgehead atoms. The SMILES string of the molecule is OC1CC(NSC2CC(Cl)C(C3CCCC(C(F)(F)F)C3)S2)CC[C@@H]1C(F)(F)F. The first-order valence-electron chi connectivity index (χ1n) is 9.97. The number of halogens is 7. The minimum absolute atomic E-state index is 0.0346. The van der Waals surface area contributed by atoms with Crippen LogP contribution >= 0.6 is 35.3 Å². The third-order valence-electron chi connectivity index (χ3n) is 6.33. The Balaban J connectivity index is 1.46. The molecule has 2 aliphatic carbocycles. The first-order chi connectivity index (χ1) is 13.4. The van der Waals surface area contributed by atoms with E-state index in [1.165, 1.54) is 11.9 Å². The molecule has 7 unspecified atom stereocenters. The van der Waals surface area contributed by atoms with Crippen LogP contribution in [0, 0.1) is 17.8 Å². The van der Waals surface area contributed by atoms with Crippen LogP contribution in [0.2, 0.25) is 0 Å². The molecule has 0 amide bonds. The van der Waals surface area contributed by atoms with Crippen molar-refractivity contribution in [1.29, 1.82) is 0 Å². The minimum atomic E-state index is -4.38. The van der Waals surface area contributed by atoms with Gasteiger partial charge in [-0.3, -0.25) is 4.72 Å². The van der Waals surface area contributed by atoms with E-state index in [1.54, 1.807) is 11.8 Å². The Morgan fingerprint density at radius 2 is 1.66 bits per heavy atom. The number of aliphatic hydroxyl groups excluding tert-OH is 1. The van der Waals surface area contributed by atoms with Gasteiger partial charge in [0.25, 0.3) is 0 Å².